The van der Waals surface area contributed by atoms with Gasteiger partial charge in [0.05, 0.1) is 6.61 Å². The maximum absolute atomic E-state index is 5.81. The number of rotatable bonds is 5. The Kier molecular flexibility index (Phi) is 4.35. The van der Waals surface area contributed by atoms with Crippen LogP contribution in [0.4, 0.5) is 0 Å². The Hall–Kier alpha value is -0.120. The monoisotopic (exact) mass is 200 g/mol. The fourth-order valence-corrected chi connectivity index (χ4v) is 1.92. The molecule has 0 aromatic heterocycles. The average molecular weight is 200 g/mol. The maximum atomic E-state index is 5.81. The largest absolute Gasteiger partial charge is 0.380 e. The van der Waals surface area contributed by atoms with Crippen molar-refractivity contribution in [3.05, 3.63) is 0 Å². The lowest BCUT2D eigenvalue weighted by Gasteiger charge is -2.34. The van der Waals surface area contributed by atoms with E-state index in [4.69, 9.17) is 10.5 Å². The van der Waals surface area contributed by atoms with Gasteiger partial charge in [0.2, 0.25) is 0 Å². The lowest BCUT2D eigenvalue weighted by Crippen LogP contribution is -2.43. The Balaban J connectivity index is 2.41. The van der Waals surface area contributed by atoms with Gasteiger partial charge >= 0.3 is 0 Å². The Morgan fingerprint density at radius 3 is 2.71 bits per heavy atom. The van der Waals surface area contributed by atoms with Crippen LogP contribution in [0, 0.1) is 5.41 Å². The van der Waals surface area contributed by atoms with E-state index >= 15 is 0 Å². The number of nitrogens with two attached hydrogens (primary N) is 1. The van der Waals surface area contributed by atoms with Crippen molar-refractivity contribution in [2.75, 3.05) is 33.4 Å². The average Bonchev–Trinajstić information content (AvgIpc) is 2.70. The molecule has 1 fully saturated rings. The number of hydrogen-bond acceptors (Lipinski definition) is 3. The first-order valence-corrected chi connectivity index (χ1v) is 5.59. The van der Waals surface area contributed by atoms with E-state index in [1.165, 1.54) is 6.42 Å². The van der Waals surface area contributed by atoms with Crippen LogP contribution in [0.15, 0.2) is 0 Å². The summed E-state index contributed by atoms with van der Waals surface area (Å²) in [4.78, 5) is 2.41. The van der Waals surface area contributed by atoms with E-state index in [0.29, 0.717) is 6.04 Å². The number of ether oxygens (including phenoxy) is 1. The van der Waals surface area contributed by atoms with Crippen LogP contribution in [0.1, 0.15) is 26.7 Å². The van der Waals surface area contributed by atoms with Crippen LogP contribution < -0.4 is 5.73 Å². The number of nitrogens with zero attached hydrogens (tertiary/aromatic N) is 1. The van der Waals surface area contributed by atoms with Gasteiger partial charge in [-0.25, -0.2) is 0 Å². The number of hydrogen-bond donors (Lipinski definition) is 1. The van der Waals surface area contributed by atoms with Crippen LogP contribution >= 0.6 is 0 Å². The summed E-state index contributed by atoms with van der Waals surface area (Å²) in [5.74, 6) is 0. The molecule has 84 valence electrons. The van der Waals surface area contributed by atoms with Gasteiger partial charge in [0.25, 0.3) is 0 Å². The van der Waals surface area contributed by atoms with Crippen molar-refractivity contribution in [2.45, 2.75) is 32.7 Å². The number of likely N-dealkylation sites (N-methyl/N-ethyl adjacent to an activating group) is 1. The van der Waals surface area contributed by atoms with E-state index in [1.54, 1.807) is 0 Å². The van der Waals surface area contributed by atoms with Gasteiger partial charge in [-0.05, 0) is 31.8 Å². The highest BCUT2D eigenvalue weighted by atomic mass is 16.5. The molecule has 0 aliphatic carbocycles. The molecule has 3 nitrogen and oxygen atoms in total. The SMILES string of the molecule is CCC(C)(CN)CN(C)C1CCOC1. The molecule has 0 bridgehead atoms. The molecule has 1 aliphatic heterocycles. The first-order valence-electron chi connectivity index (χ1n) is 5.59. The molecular formula is C11H24N2O. The highest BCUT2D eigenvalue weighted by Crippen LogP contribution is 2.22. The Morgan fingerprint density at radius 1 is 1.57 bits per heavy atom. The summed E-state index contributed by atoms with van der Waals surface area (Å²) in [5.41, 5.74) is 6.07. The fraction of sp³-hybridized carbons (Fsp3) is 1.00. The molecular weight excluding hydrogens is 176 g/mol. The highest BCUT2D eigenvalue weighted by molar-refractivity contribution is 4.81. The predicted octanol–water partition coefficient (Wildman–Crippen LogP) is 1.08. The van der Waals surface area contributed by atoms with E-state index in [0.717, 1.165) is 32.7 Å². The zero-order valence-electron chi connectivity index (χ0n) is 9.75. The predicted molar refractivity (Wildman–Crippen MR) is 59.3 cm³/mol. The second-order valence-corrected chi connectivity index (χ2v) is 4.80. The molecule has 0 spiro atoms. The normalized spacial score (nSPS) is 26.8. The molecule has 0 amide bonds. The third kappa shape index (κ3) is 2.94. The van der Waals surface area contributed by atoms with E-state index < -0.39 is 0 Å². The molecule has 3 heteroatoms. The van der Waals surface area contributed by atoms with Crippen LogP contribution in [0.3, 0.4) is 0 Å². The zero-order valence-corrected chi connectivity index (χ0v) is 9.75. The Labute approximate surface area is 87.6 Å². The fourth-order valence-electron chi connectivity index (χ4n) is 1.92. The van der Waals surface area contributed by atoms with Crippen LogP contribution in [-0.4, -0.2) is 44.3 Å². The van der Waals surface area contributed by atoms with Crippen molar-refractivity contribution >= 4 is 0 Å². The Bertz CT molecular complexity index is 163. The minimum absolute atomic E-state index is 0.261. The van der Waals surface area contributed by atoms with Gasteiger partial charge < -0.3 is 15.4 Å². The Morgan fingerprint density at radius 2 is 2.29 bits per heavy atom. The molecule has 0 saturated carbocycles. The molecule has 0 aromatic carbocycles. The van der Waals surface area contributed by atoms with Gasteiger partial charge in [-0.2, -0.15) is 0 Å². The van der Waals surface area contributed by atoms with Crippen LogP contribution in [0.2, 0.25) is 0 Å². The van der Waals surface area contributed by atoms with Crippen molar-refractivity contribution in [1.82, 2.24) is 4.90 Å². The maximum Gasteiger partial charge on any atom is 0.0622 e. The molecule has 0 aromatic rings. The minimum atomic E-state index is 0.261. The van der Waals surface area contributed by atoms with Gasteiger partial charge in [0.15, 0.2) is 0 Å². The van der Waals surface area contributed by atoms with Gasteiger partial charge in [-0.1, -0.05) is 13.8 Å². The summed E-state index contributed by atoms with van der Waals surface area (Å²) in [5, 5.41) is 0. The van der Waals surface area contributed by atoms with Crippen LogP contribution in [0.25, 0.3) is 0 Å². The van der Waals surface area contributed by atoms with Gasteiger partial charge in [0, 0.05) is 19.2 Å². The van der Waals surface area contributed by atoms with E-state index in [2.05, 4.69) is 25.8 Å². The molecule has 2 N–H and O–H groups in total. The minimum Gasteiger partial charge on any atom is -0.380 e. The molecule has 1 heterocycles. The van der Waals surface area contributed by atoms with Crippen LogP contribution in [0.5, 0.6) is 0 Å². The molecule has 14 heavy (non-hydrogen) atoms. The molecule has 2 atom stereocenters. The second kappa shape index (κ2) is 5.10. The molecule has 1 saturated heterocycles. The van der Waals surface area contributed by atoms with Gasteiger partial charge in [-0.3, -0.25) is 0 Å². The van der Waals surface area contributed by atoms with E-state index in [-0.39, 0.29) is 5.41 Å². The molecule has 0 radical (unpaired) electrons. The third-order valence-electron chi connectivity index (χ3n) is 3.51. The molecule has 1 aliphatic rings. The van der Waals surface area contributed by atoms with E-state index in [1.807, 2.05) is 0 Å². The van der Waals surface area contributed by atoms with Gasteiger partial charge in [-0.15, -0.1) is 0 Å². The molecule has 2 unspecified atom stereocenters. The summed E-state index contributed by atoms with van der Waals surface area (Å²) in [7, 11) is 2.18. The summed E-state index contributed by atoms with van der Waals surface area (Å²) >= 11 is 0. The lowest BCUT2D eigenvalue weighted by atomic mass is 9.87. The van der Waals surface area contributed by atoms with Gasteiger partial charge in [0.1, 0.15) is 0 Å². The van der Waals surface area contributed by atoms with Crippen molar-refractivity contribution in [3.63, 3.8) is 0 Å². The first kappa shape index (κ1) is 12.0. The topological polar surface area (TPSA) is 38.5 Å². The zero-order chi connectivity index (χ0) is 10.6. The van der Waals surface area contributed by atoms with Crippen LogP contribution in [-0.2, 0) is 4.74 Å². The van der Waals surface area contributed by atoms with Crippen molar-refractivity contribution in [2.24, 2.45) is 11.1 Å². The summed E-state index contributed by atoms with van der Waals surface area (Å²) in [6, 6.07) is 0.604. The van der Waals surface area contributed by atoms with Crippen molar-refractivity contribution in [1.29, 1.82) is 0 Å². The quantitative estimate of drug-likeness (QED) is 0.722. The smallest absolute Gasteiger partial charge is 0.0622 e. The first-order chi connectivity index (χ1) is 6.61. The summed E-state index contributed by atoms with van der Waals surface area (Å²) in [6.45, 7) is 8.13. The van der Waals surface area contributed by atoms with Crippen molar-refractivity contribution in [3.8, 4) is 0 Å². The highest BCUT2D eigenvalue weighted by Gasteiger charge is 2.27. The summed E-state index contributed by atoms with van der Waals surface area (Å²) in [6.07, 6.45) is 2.31. The van der Waals surface area contributed by atoms with Crippen molar-refractivity contribution < 1.29 is 4.74 Å². The summed E-state index contributed by atoms with van der Waals surface area (Å²) < 4.78 is 5.39. The molecule has 1 rings (SSSR count). The van der Waals surface area contributed by atoms with E-state index in [9.17, 15) is 0 Å². The third-order valence-corrected chi connectivity index (χ3v) is 3.51. The standard InChI is InChI=1S/C11H24N2O/c1-4-11(2,8-12)9-13(3)10-5-6-14-7-10/h10H,4-9,12H2,1-3H3. The second-order valence-electron chi connectivity index (χ2n) is 4.80. The lowest BCUT2D eigenvalue weighted by molar-refractivity contribution is 0.123.